The molecule has 0 spiro atoms. The third-order valence-corrected chi connectivity index (χ3v) is 4.87. The van der Waals surface area contributed by atoms with Gasteiger partial charge in [0.05, 0.1) is 12.1 Å². The number of carboxylic acids is 1. The molecule has 9 heteroatoms. The van der Waals surface area contributed by atoms with Crippen molar-refractivity contribution in [2.24, 2.45) is 0 Å². The highest BCUT2D eigenvalue weighted by Gasteiger charge is 2.26. The van der Waals surface area contributed by atoms with Crippen molar-refractivity contribution in [1.29, 1.82) is 0 Å². The van der Waals surface area contributed by atoms with Crippen LogP contribution >= 0.6 is 0 Å². The van der Waals surface area contributed by atoms with Crippen molar-refractivity contribution in [2.75, 3.05) is 5.73 Å². The van der Waals surface area contributed by atoms with Crippen molar-refractivity contribution in [2.45, 2.75) is 32.6 Å². The van der Waals surface area contributed by atoms with Gasteiger partial charge in [-0.25, -0.2) is 9.78 Å². The van der Waals surface area contributed by atoms with Crippen LogP contribution in [0.15, 0.2) is 34.7 Å². The molecule has 5 rings (SSSR count). The van der Waals surface area contributed by atoms with Gasteiger partial charge in [-0.3, -0.25) is 0 Å². The molecule has 0 aliphatic carbocycles. The molecular formula is C20H18N4O5. The number of anilines is 1. The van der Waals surface area contributed by atoms with Gasteiger partial charge in [-0.1, -0.05) is 0 Å². The number of aromatic nitrogens is 3. The van der Waals surface area contributed by atoms with E-state index >= 15 is 0 Å². The van der Waals surface area contributed by atoms with E-state index in [1.54, 1.807) is 12.1 Å². The first-order chi connectivity index (χ1) is 13.9. The van der Waals surface area contributed by atoms with Gasteiger partial charge in [0.15, 0.2) is 11.7 Å². The van der Waals surface area contributed by atoms with Gasteiger partial charge in [0.25, 0.3) is 6.01 Å². The van der Waals surface area contributed by atoms with Crippen LogP contribution in [-0.4, -0.2) is 37.8 Å². The van der Waals surface area contributed by atoms with Gasteiger partial charge in [-0.2, -0.15) is 4.98 Å². The molecule has 148 valence electrons. The Labute approximate surface area is 164 Å². The third kappa shape index (κ3) is 2.82. The van der Waals surface area contributed by atoms with Gasteiger partial charge in [-0.15, -0.1) is 0 Å². The van der Waals surface area contributed by atoms with Crippen LogP contribution < -0.4 is 15.2 Å². The van der Waals surface area contributed by atoms with E-state index in [-0.39, 0.29) is 12.1 Å². The van der Waals surface area contributed by atoms with Crippen molar-refractivity contribution in [1.82, 2.24) is 14.5 Å². The van der Waals surface area contributed by atoms with E-state index in [1.165, 1.54) is 6.92 Å². The predicted octanol–water partition coefficient (Wildman–Crippen LogP) is 3.06. The van der Waals surface area contributed by atoms with Crippen LogP contribution in [0.3, 0.4) is 0 Å². The van der Waals surface area contributed by atoms with E-state index in [0.29, 0.717) is 34.7 Å². The van der Waals surface area contributed by atoms with E-state index in [4.69, 9.17) is 29.7 Å². The molecule has 9 nitrogen and oxygen atoms in total. The van der Waals surface area contributed by atoms with Gasteiger partial charge in [0.1, 0.15) is 34.5 Å². The largest absolute Gasteiger partial charge is 0.486 e. The number of nitrogen functional groups attached to an aromatic ring is 1. The number of oxazole rings is 1. The molecule has 0 amide bonds. The van der Waals surface area contributed by atoms with Crippen molar-refractivity contribution in [3.8, 4) is 22.9 Å². The van der Waals surface area contributed by atoms with E-state index in [1.807, 2.05) is 25.1 Å². The van der Waals surface area contributed by atoms with E-state index in [9.17, 15) is 4.79 Å². The number of nitrogens with two attached hydrogens (primary N) is 1. The molecule has 0 fully saturated rings. The summed E-state index contributed by atoms with van der Waals surface area (Å²) >= 11 is 0. The highest BCUT2D eigenvalue weighted by Crippen LogP contribution is 2.39. The lowest BCUT2D eigenvalue weighted by atomic mass is 10.2. The number of fused-ring (bicyclic) bond motifs is 1. The average molecular weight is 394 g/mol. The van der Waals surface area contributed by atoms with Gasteiger partial charge < -0.3 is 29.3 Å². The monoisotopic (exact) mass is 394 g/mol. The number of imidazole rings is 1. The highest BCUT2D eigenvalue weighted by molar-refractivity contribution is 5.89. The lowest BCUT2D eigenvalue weighted by Gasteiger charge is -2.24. The number of hydrogen-bond acceptors (Lipinski definition) is 7. The van der Waals surface area contributed by atoms with Crippen LogP contribution in [-0.2, 0) is 11.3 Å². The standard InChI is InChI=1S/C20H18N4O5/c1-9-8-24-17-14(6-12(7-16(17)27-9)28-10(2)19(25)26)22-18(24)11-3-4-15-13(5-11)23-20(21)29-15/h3-7,9-10H,8H2,1-2H3,(H2,21,23)(H,25,26)/t9-,10+/m1/s1. The molecule has 3 N–H and O–H groups in total. The minimum atomic E-state index is -1.04. The van der Waals surface area contributed by atoms with E-state index in [0.717, 1.165) is 16.9 Å². The average Bonchev–Trinajstić information content (AvgIpc) is 3.20. The maximum absolute atomic E-state index is 11.1. The Hall–Kier alpha value is -3.75. The second kappa shape index (κ2) is 6.13. The SMILES string of the molecule is C[C@@H]1Cn2c(-c3ccc4oc(N)nc4c3)nc3cc(O[C@@H](C)C(=O)O)cc(c32)O1. The minimum Gasteiger partial charge on any atom is -0.486 e. The Morgan fingerprint density at radius 3 is 2.93 bits per heavy atom. The first-order valence-corrected chi connectivity index (χ1v) is 9.16. The smallest absolute Gasteiger partial charge is 0.344 e. The molecule has 0 saturated carbocycles. The van der Waals surface area contributed by atoms with Crippen LogP contribution in [0.2, 0.25) is 0 Å². The molecule has 4 aromatic rings. The molecule has 0 saturated heterocycles. The molecule has 3 heterocycles. The fraction of sp³-hybridized carbons (Fsp3) is 0.250. The number of aliphatic carboxylic acids is 1. The maximum Gasteiger partial charge on any atom is 0.344 e. The Kier molecular flexibility index (Phi) is 3.67. The molecule has 2 aromatic carbocycles. The molecular weight excluding hydrogens is 376 g/mol. The van der Waals surface area contributed by atoms with Gasteiger partial charge in [-0.05, 0) is 32.0 Å². The summed E-state index contributed by atoms with van der Waals surface area (Å²) in [6, 6.07) is 9.15. The zero-order valence-corrected chi connectivity index (χ0v) is 15.7. The summed E-state index contributed by atoms with van der Waals surface area (Å²) in [4.78, 5) is 20.1. The summed E-state index contributed by atoms with van der Waals surface area (Å²) in [6.07, 6.45) is -1.07. The zero-order valence-electron chi connectivity index (χ0n) is 15.7. The summed E-state index contributed by atoms with van der Waals surface area (Å²) in [5, 5.41) is 9.12. The van der Waals surface area contributed by atoms with E-state index in [2.05, 4.69) is 9.55 Å². The predicted molar refractivity (Wildman–Crippen MR) is 105 cm³/mol. The van der Waals surface area contributed by atoms with Crippen molar-refractivity contribution >= 4 is 34.1 Å². The molecule has 2 aromatic heterocycles. The Balaban J connectivity index is 1.67. The first kappa shape index (κ1) is 17.4. The van der Waals surface area contributed by atoms with Crippen molar-refractivity contribution in [3.63, 3.8) is 0 Å². The van der Waals surface area contributed by atoms with Gasteiger partial charge in [0, 0.05) is 17.7 Å². The Morgan fingerprint density at radius 2 is 2.14 bits per heavy atom. The topological polar surface area (TPSA) is 126 Å². The number of benzene rings is 2. The number of rotatable bonds is 4. The molecule has 1 aliphatic rings. The molecule has 1 aliphatic heterocycles. The van der Waals surface area contributed by atoms with Crippen LogP contribution in [0.4, 0.5) is 6.01 Å². The second-order valence-electron chi connectivity index (χ2n) is 7.10. The van der Waals surface area contributed by atoms with Crippen LogP contribution in [0.1, 0.15) is 13.8 Å². The van der Waals surface area contributed by atoms with Crippen molar-refractivity contribution < 1.29 is 23.8 Å². The summed E-state index contributed by atoms with van der Waals surface area (Å²) in [5.74, 6) is 0.717. The summed E-state index contributed by atoms with van der Waals surface area (Å²) in [6.45, 7) is 4.07. The van der Waals surface area contributed by atoms with Crippen molar-refractivity contribution in [3.05, 3.63) is 30.3 Å². The van der Waals surface area contributed by atoms with Crippen LogP contribution in [0, 0.1) is 0 Å². The molecule has 0 bridgehead atoms. The number of nitrogens with zero attached hydrogens (tertiary/aromatic N) is 3. The number of carboxylic acid groups (broad SMARTS) is 1. The molecule has 29 heavy (non-hydrogen) atoms. The number of carbonyl (C=O) groups is 1. The molecule has 0 radical (unpaired) electrons. The van der Waals surface area contributed by atoms with Crippen LogP contribution in [0.5, 0.6) is 11.5 Å². The number of hydrogen-bond donors (Lipinski definition) is 2. The molecule has 0 unspecified atom stereocenters. The van der Waals surface area contributed by atoms with Gasteiger partial charge >= 0.3 is 5.97 Å². The summed E-state index contributed by atoms with van der Waals surface area (Å²) in [5.41, 5.74) is 9.28. The summed E-state index contributed by atoms with van der Waals surface area (Å²) < 4.78 is 19.0. The maximum atomic E-state index is 11.1. The lowest BCUT2D eigenvalue weighted by Crippen LogP contribution is -2.25. The lowest BCUT2D eigenvalue weighted by molar-refractivity contribution is -0.144. The van der Waals surface area contributed by atoms with Crippen LogP contribution in [0.25, 0.3) is 33.5 Å². The van der Waals surface area contributed by atoms with E-state index < -0.39 is 12.1 Å². The quantitative estimate of drug-likeness (QED) is 0.541. The fourth-order valence-corrected chi connectivity index (χ4v) is 3.61. The zero-order chi connectivity index (χ0) is 20.3. The second-order valence-corrected chi connectivity index (χ2v) is 7.10. The van der Waals surface area contributed by atoms with Gasteiger partial charge in [0.2, 0.25) is 0 Å². The Bertz CT molecular complexity index is 1280. The molecule has 2 atom stereocenters. The Morgan fingerprint density at radius 1 is 1.31 bits per heavy atom. The normalized spacial score (nSPS) is 16.7. The number of ether oxygens (including phenoxy) is 2. The highest BCUT2D eigenvalue weighted by atomic mass is 16.5. The fourth-order valence-electron chi connectivity index (χ4n) is 3.61. The minimum absolute atomic E-state index is 0.0859. The third-order valence-electron chi connectivity index (χ3n) is 4.87. The summed E-state index contributed by atoms with van der Waals surface area (Å²) in [7, 11) is 0. The first-order valence-electron chi connectivity index (χ1n) is 9.16.